The minimum atomic E-state index is -4.67. The van der Waals surface area contributed by atoms with Crippen LogP contribution in [0.15, 0.2) is 6.33 Å². The Bertz CT molecular complexity index is 614. The zero-order valence-electron chi connectivity index (χ0n) is 11.3. The van der Waals surface area contributed by atoms with Crippen LogP contribution in [-0.2, 0) is 9.09 Å². The lowest BCUT2D eigenvalue weighted by Crippen LogP contribution is -2.31. The van der Waals surface area contributed by atoms with Gasteiger partial charge in [-0.15, -0.1) is 0 Å². The number of aromatic nitrogens is 2. The van der Waals surface area contributed by atoms with Crippen LogP contribution in [0.3, 0.4) is 0 Å². The molecular formula is C10H17N4O7P. The molecule has 1 saturated carbocycles. The number of nitrogens with zero attached hydrogens (tertiary/aromatic N) is 2. The minimum absolute atomic E-state index is 0.0553. The van der Waals surface area contributed by atoms with Crippen LogP contribution in [-0.4, -0.2) is 54.3 Å². The number of nitrogen functional groups attached to an aromatic ring is 1. The number of amides is 1. The second kappa shape index (κ2) is 5.95. The highest BCUT2D eigenvalue weighted by Gasteiger charge is 2.44. The Morgan fingerprint density at radius 3 is 2.59 bits per heavy atom. The predicted octanol–water partition coefficient (Wildman–Crippen LogP) is -2.04. The van der Waals surface area contributed by atoms with Crippen LogP contribution in [0.1, 0.15) is 23.0 Å². The van der Waals surface area contributed by atoms with Crippen molar-refractivity contribution < 1.29 is 33.9 Å². The highest BCUT2D eigenvalue weighted by atomic mass is 31.2. The number of phosphoric acid groups is 1. The highest BCUT2D eigenvalue weighted by Crippen LogP contribution is 2.41. The third-order valence-electron chi connectivity index (χ3n) is 3.65. The molecule has 0 spiro atoms. The van der Waals surface area contributed by atoms with Crippen LogP contribution >= 0.6 is 7.82 Å². The molecule has 0 saturated heterocycles. The fourth-order valence-corrected chi connectivity index (χ4v) is 2.94. The zero-order valence-corrected chi connectivity index (χ0v) is 12.2. The largest absolute Gasteiger partial charge is 0.469 e. The van der Waals surface area contributed by atoms with Crippen molar-refractivity contribution in [1.29, 1.82) is 0 Å². The molecule has 2 rings (SSSR count). The summed E-state index contributed by atoms with van der Waals surface area (Å²) >= 11 is 0. The van der Waals surface area contributed by atoms with Crippen molar-refractivity contribution in [3.63, 3.8) is 0 Å². The summed E-state index contributed by atoms with van der Waals surface area (Å²) < 4.78 is 16.4. The molecule has 124 valence electrons. The first-order valence-electron chi connectivity index (χ1n) is 6.30. The normalized spacial score (nSPS) is 28.9. The number of carbonyl (C=O) groups excluding carboxylic acids is 1. The van der Waals surface area contributed by atoms with Crippen molar-refractivity contribution in [3.05, 3.63) is 12.0 Å². The molecule has 1 aliphatic carbocycles. The van der Waals surface area contributed by atoms with Gasteiger partial charge in [-0.1, -0.05) is 0 Å². The molecule has 1 aliphatic rings. The maximum Gasteiger partial charge on any atom is 0.469 e. The van der Waals surface area contributed by atoms with Gasteiger partial charge in [-0.05, 0) is 6.42 Å². The molecule has 1 amide bonds. The maximum atomic E-state index is 11.1. The second-order valence-electron chi connectivity index (χ2n) is 5.08. The average Bonchev–Trinajstić information content (AvgIpc) is 2.90. The first-order chi connectivity index (χ1) is 10.1. The third kappa shape index (κ3) is 3.29. The molecular weight excluding hydrogens is 319 g/mol. The minimum Gasteiger partial charge on any atom is -0.390 e. The highest BCUT2D eigenvalue weighted by molar-refractivity contribution is 7.46. The number of anilines is 1. The smallest absolute Gasteiger partial charge is 0.390 e. The van der Waals surface area contributed by atoms with E-state index in [4.69, 9.17) is 21.3 Å². The number of hydrogen-bond acceptors (Lipinski definition) is 7. The Hall–Kier alpha value is -1.49. The van der Waals surface area contributed by atoms with Gasteiger partial charge in [0.05, 0.1) is 25.1 Å². The van der Waals surface area contributed by atoms with Crippen molar-refractivity contribution in [3.8, 4) is 0 Å². The number of phosphoric ester groups is 1. The first kappa shape index (κ1) is 16.9. The topological polar surface area (TPSA) is 194 Å². The van der Waals surface area contributed by atoms with Gasteiger partial charge in [0.2, 0.25) is 0 Å². The van der Waals surface area contributed by atoms with Crippen LogP contribution in [0.4, 0.5) is 5.82 Å². The van der Waals surface area contributed by atoms with E-state index in [-0.39, 0.29) is 17.9 Å². The molecule has 0 radical (unpaired) electrons. The Labute approximate surface area is 124 Å². The Balaban J connectivity index is 2.16. The average molecular weight is 336 g/mol. The van der Waals surface area contributed by atoms with Gasteiger partial charge in [-0.3, -0.25) is 9.32 Å². The van der Waals surface area contributed by atoms with E-state index in [1.54, 1.807) is 0 Å². The summed E-state index contributed by atoms with van der Waals surface area (Å²) in [6.45, 7) is -0.434. The summed E-state index contributed by atoms with van der Waals surface area (Å²) in [6.07, 6.45) is -1.19. The number of carbonyl (C=O) groups is 1. The number of imidazole rings is 1. The summed E-state index contributed by atoms with van der Waals surface area (Å²) in [7, 11) is -4.67. The van der Waals surface area contributed by atoms with E-state index < -0.39 is 44.5 Å². The lowest BCUT2D eigenvalue weighted by Gasteiger charge is -2.19. The molecule has 0 bridgehead atoms. The van der Waals surface area contributed by atoms with E-state index in [1.807, 2.05) is 0 Å². The van der Waals surface area contributed by atoms with E-state index in [9.17, 15) is 19.6 Å². The second-order valence-corrected chi connectivity index (χ2v) is 6.32. The van der Waals surface area contributed by atoms with Gasteiger partial charge in [0.15, 0.2) is 5.69 Å². The van der Waals surface area contributed by atoms with Gasteiger partial charge in [-0.2, -0.15) is 0 Å². The van der Waals surface area contributed by atoms with Crippen LogP contribution in [0, 0.1) is 5.92 Å². The number of aliphatic hydroxyl groups is 2. The van der Waals surface area contributed by atoms with Gasteiger partial charge >= 0.3 is 7.82 Å². The molecule has 1 aromatic rings. The van der Waals surface area contributed by atoms with Crippen molar-refractivity contribution in [2.75, 3.05) is 12.3 Å². The van der Waals surface area contributed by atoms with Gasteiger partial charge < -0.3 is 36.0 Å². The van der Waals surface area contributed by atoms with Gasteiger partial charge in [0, 0.05) is 5.92 Å². The number of hydrogen-bond donors (Lipinski definition) is 6. The standard InChI is InChI=1S/C10H17N4O7P/c11-9-6(10(12)17)13-3-14(9)5-1-4(7(15)8(5)16)2-21-22(18,19)20/h3-5,7-8,15-16H,1-2,11H2,(H2,12,17)(H2,18,19,20). The third-order valence-corrected chi connectivity index (χ3v) is 4.14. The maximum absolute atomic E-state index is 11.1. The summed E-state index contributed by atoms with van der Waals surface area (Å²) in [6, 6.07) is -0.721. The quantitative estimate of drug-likeness (QED) is 0.328. The molecule has 4 unspecified atom stereocenters. The van der Waals surface area contributed by atoms with E-state index in [1.165, 1.54) is 10.9 Å². The number of rotatable bonds is 5. The van der Waals surface area contributed by atoms with E-state index >= 15 is 0 Å². The number of nitrogens with two attached hydrogens (primary N) is 2. The molecule has 22 heavy (non-hydrogen) atoms. The monoisotopic (exact) mass is 336 g/mol. The van der Waals surface area contributed by atoms with Crippen LogP contribution in [0.25, 0.3) is 0 Å². The first-order valence-corrected chi connectivity index (χ1v) is 7.83. The molecule has 1 aromatic heterocycles. The van der Waals surface area contributed by atoms with Crippen molar-refractivity contribution in [1.82, 2.24) is 9.55 Å². The van der Waals surface area contributed by atoms with E-state index in [0.717, 1.165) is 0 Å². The fraction of sp³-hybridized carbons (Fsp3) is 0.600. The Morgan fingerprint density at radius 1 is 1.45 bits per heavy atom. The van der Waals surface area contributed by atoms with Crippen molar-refractivity contribution >= 4 is 19.5 Å². The SMILES string of the molecule is NC(=O)c1ncn(C2CC(COP(=O)(O)O)C(O)C2O)c1N. The Kier molecular flexibility index (Phi) is 4.57. The van der Waals surface area contributed by atoms with Crippen molar-refractivity contribution in [2.45, 2.75) is 24.7 Å². The Morgan fingerprint density at radius 2 is 2.09 bits per heavy atom. The van der Waals surface area contributed by atoms with Crippen LogP contribution in [0.2, 0.25) is 0 Å². The number of primary amides is 1. The molecule has 4 atom stereocenters. The summed E-state index contributed by atoms with van der Waals surface area (Å²) in [4.78, 5) is 32.2. The van der Waals surface area contributed by atoms with Gasteiger partial charge in [0.1, 0.15) is 11.9 Å². The predicted molar refractivity (Wildman–Crippen MR) is 72.3 cm³/mol. The zero-order chi connectivity index (χ0) is 16.7. The van der Waals surface area contributed by atoms with E-state index in [0.29, 0.717) is 0 Å². The molecule has 0 aromatic carbocycles. The van der Waals surface area contributed by atoms with Crippen LogP contribution < -0.4 is 11.5 Å². The molecule has 0 aliphatic heterocycles. The molecule has 12 heteroatoms. The van der Waals surface area contributed by atoms with Crippen molar-refractivity contribution in [2.24, 2.45) is 11.7 Å². The lowest BCUT2D eigenvalue weighted by atomic mass is 10.1. The molecule has 1 fully saturated rings. The van der Waals surface area contributed by atoms with Gasteiger partial charge in [0.25, 0.3) is 5.91 Å². The molecule has 11 nitrogen and oxygen atoms in total. The summed E-state index contributed by atoms with van der Waals surface area (Å²) in [5, 5.41) is 20.0. The summed E-state index contributed by atoms with van der Waals surface area (Å²) in [5.41, 5.74) is 10.7. The fourth-order valence-electron chi connectivity index (χ4n) is 2.56. The van der Waals surface area contributed by atoms with Crippen LogP contribution in [0.5, 0.6) is 0 Å². The lowest BCUT2D eigenvalue weighted by molar-refractivity contribution is -0.00389. The van der Waals surface area contributed by atoms with E-state index in [2.05, 4.69) is 9.51 Å². The van der Waals surface area contributed by atoms with Gasteiger partial charge in [-0.25, -0.2) is 9.55 Å². The molecule has 1 heterocycles. The summed E-state index contributed by atoms with van der Waals surface area (Å²) in [5.74, 6) is -1.60. The molecule has 8 N–H and O–H groups in total. The number of aliphatic hydroxyl groups excluding tert-OH is 2.